The SMILES string of the molecule is CCOc1cc(O)c(C(=O)c2ccccc2)cc1S(=O)(=O)O.[NaH]. The van der Waals surface area contributed by atoms with Crippen LogP contribution < -0.4 is 4.74 Å². The van der Waals surface area contributed by atoms with Crippen molar-refractivity contribution in [2.24, 2.45) is 0 Å². The number of carbonyl (C=O) groups is 1. The molecule has 0 amide bonds. The fraction of sp³-hybridized carbons (Fsp3) is 0.133. The van der Waals surface area contributed by atoms with Gasteiger partial charge in [0, 0.05) is 11.6 Å². The molecule has 0 aliphatic heterocycles. The Morgan fingerprint density at radius 3 is 2.30 bits per heavy atom. The zero-order valence-corrected chi connectivity index (χ0v) is 12.5. The van der Waals surface area contributed by atoms with Gasteiger partial charge in [-0.25, -0.2) is 0 Å². The summed E-state index contributed by atoms with van der Waals surface area (Å²) in [6.45, 7) is 1.75. The summed E-state index contributed by atoms with van der Waals surface area (Å²) in [6, 6.07) is 9.98. The monoisotopic (exact) mass is 346 g/mol. The molecule has 0 aliphatic carbocycles. The van der Waals surface area contributed by atoms with Crippen molar-refractivity contribution < 1.29 is 27.6 Å². The molecule has 0 atom stereocenters. The first-order valence-electron chi connectivity index (χ1n) is 6.41. The zero-order chi connectivity index (χ0) is 16.3. The van der Waals surface area contributed by atoms with Gasteiger partial charge in [0.05, 0.1) is 12.2 Å². The van der Waals surface area contributed by atoms with E-state index in [4.69, 9.17) is 4.74 Å². The number of hydrogen-bond donors (Lipinski definition) is 2. The minimum atomic E-state index is -4.60. The molecule has 0 heterocycles. The molecule has 0 unspecified atom stereocenters. The van der Waals surface area contributed by atoms with Crippen LogP contribution in [0.25, 0.3) is 0 Å². The van der Waals surface area contributed by atoms with Crippen molar-refractivity contribution in [1.82, 2.24) is 0 Å². The Labute approximate surface area is 156 Å². The van der Waals surface area contributed by atoms with E-state index in [0.717, 1.165) is 12.1 Å². The van der Waals surface area contributed by atoms with Gasteiger partial charge in [-0.2, -0.15) is 8.42 Å². The molecule has 0 aliphatic rings. The Kier molecular flexibility index (Phi) is 6.79. The summed E-state index contributed by atoms with van der Waals surface area (Å²) in [4.78, 5) is 11.8. The van der Waals surface area contributed by atoms with Crippen molar-refractivity contribution in [2.45, 2.75) is 11.8 Å². The Morgan fingerprint density at radius 2 is 1.78 bits per heavy atom. The summed E-state index contributed by atoms with van der Waals surface area (Å²) in [6.07, 6.45) is 0. The first kappa shape index (κ1) is 19.7. The number of hydrogen-bond acceptors (Lipinski definition) is 5. The van der Waals surface area contributed by atoms with E-state index < -0.39 is 26.5 Å². The van der Waals surface area contributed by atoms with E-state index in [9.17, 15) is 22.9 Å². The van der Waals surface area contributed by atoms with Crippen LogP contribution in [0.15, 0.2) is 47.4 Å². The average molecular weight is 346 g/mol. The number of ketones is 1. The van der Waals surface area contributed by atoms with Gasteiger partial charge in [0.15, 0.2) is 5.78 Å². The summed E-state index contributed by atoms with van der Waals surface area (Å²) in [7, 11) is -4.60. The molecule has 2 aromatic carbocycles. The van der Waals surface area contributed by atoms with Crippen LogP contribution in [0, 0.1) is 0 Å². The van der Waals surface area contributed by atoms with Crippen molar-refractivity contribution in [2.75, 3.05) is 6.61 Å². The molecule has 0 aromatic heterocycles. The summed E-state index contributed by atoms with van der Waals surface area (Å²) >= 11 is 0. The summed E-state index contributed by atoms with van der Waals surface area (Å²) < 4.78 is 37.2. The molecule has 6 nitrogen and oxygen atoms in total. The van der Waals surface area contributed by atoms with E-state index in [2.05, 4.69) is 0 Å². The number of benzene rings is 2. The summed E-state index contributed by atoms with van der Waals surface area (Å²) in [5.74, 6) is -1.21. The molecule has 0 saturated carbocycles. The third-order valence-electron chi connectivity index (χ3n) is 2.92. The summed E-state index contributed by atoms with van der Waals surface area (Å²) in [5.41, 5.74) is 0.0468. The average Bonchev–Trinajstić information content (AvgIpc) is 2.47. The van der Waals surface area contributed by atoms with E-state index in [0.29, 0.717) is 0 Å². The van der Waals surface area contributed by atoms with Crippen LogP contribution in [-0.2, 0) is 10.1 Å². The molecular formula is C15H15NaO6S. The second-order valence-corrected chi connectivity index (χ2v) is 5.81. The maximum absolute atomic E-state index is 12.3. The fourth-order valence-corrected chi connectivity index (χ4v) is 2.58. The van der Waals surface area contributed by atoms with Crippen molar-refractivity contribution in [3.05, 3.63) is 53.6 Å². The minimum absolute atomic E-state index is 0. The van der Waals surface area contributed by atoms with E-state index in [1.165, 1.54) is 12.1 Å². The van der Waals surface area contributed by atoms with Crippen LogP contribution in [0.4, 0.5) is 0 Å². The Bertz CT molecular complexity index is 802. The van der Waals surface area contributed by atoms with Crippen molar-refractivity contribution in [1.29, 1.82) is 0 Å². The fourth-order valence-electron chi connectivity index (χ4n) is 1.95. The first-order valence-corrected chi connectivity index (χ1v) is 7.85. The van der Waals surface area contributed by atoms with Gasteiger partial charge in [-0.1, -0.05) is 30.3 Å². The quantitative estimate of drug-likeness (QED) is 0.485. The molecular weight excluding hydrogens is 331 g/mol. The molecule has 0 fully saturated rings. The third-order valence-corrected chi connectivity index (χ3v) is 3.80. The number of phenols is 1. The Morgan fingerprint density at radius 1 is 1.17 bits per heavy atom. The summed E-state index contributed by atoms with van der Waals surface area (Å²) in [5, 5.41) is 9.96. The van der Waals surface area contributed by atoms with E-state index in [-0.39, 0.29) is 53.0 Å². The van der Waals surface area contributed by atoms with E-state index in [1.807, 2.05) is 0 Å². The Hall–Kier alpha value is -1.38. The van der Waals surface area contributed by atoms with Crippen LogP contribution in [0.5, 0.6) is 11.5 Å². The molecule has 0 bridgehead atoms. The van der Waals surface area contributed by atoms with Crippen molar-refractivity contribution in [3.63, 3.8) is 0 Å². The number of carbonyl (C=O) groups excluding carboxylic acids is 1. The molecule has 118 valence electrons. The predicted molar refractivity (Wildman–Crippen MR) is 86.1 cm³/mol. The second kappa shape index (κ2) is 7.94. The molecule has 8 heteroatoms. The third kappa shape index (κ3) is 4.55. The van der Waals surface area contributed by atoms with Gasteiger partial charge in [0.25, 0.3) is 10.1 Å². The van der Waals surface area contributed by atoms with Crippen LogP contribution in [0.1, 0.15) is 22.8 Å². The zero-order valence-electron chi connectivity index (χ0n) is 11.7. The molecule has 0 saturated heterocycles. The normalized spacial score (nSPS) is 10.7. The van der Waals surface area contributed by atoms with Gasteiger partial charge < -0.3 is 9.84 Å². The van der Waals surface area contributed by atoms with Gasteiger partial charge >= 0.3 is 29.6 Å². The second-order valence-electron chi connectivity index (χ2n) is 4.42. The Balaban J connectivity index is 0.00000264. The number of rotatable bonds is 5. The van der Waals surface area contributed by atoms with Crippen molar-refractivity contribution in [3.8, 4) is 11.5 Å². The number of ether oxygens (including phenoxy) is 1. The van der Waals surface area contributed by atoms with Gasteiger partial charge in [-0.05, 0) is 13.0 Å². The topological polar surface area (TPSA) is 101 Å². The van der Waals surface area contributed by atoms with Gasteiger partial charge in [0.2, 0.25) is 0 Å². The van der Waals surface area contributed by atoms with E-state index in [1.54, 1.807) is 25.1 Å². The predicted octanol–water partition coefficient (Wildman–Crippen LogP) is 1.62. The first-order chi connectivity index (χ1) is 10.3. The van der Waals surface area contributed by atoms with Crippen LogP contribution in [-0.4, -0.2) is 60.0 Å². The standard InChI is InChI=1S/C15H14O6S.Na.H/c1-2-21-13-9-12(16)11(8-14(13)22(18,19)20)15(17)10-6-4-3-5-7-10;;/h3-9,16H,2H2,1H3,(H,18,19,20);;. The van der Waals surface area contributed by atoms with E-state index >= 15 is 0 Å². The van der Waals surface area contributed by atoms with Gasteiger partial charge in [-0.15, -0.1) is 0 Å². The van der Waals surface area contributed by atoms with Crippen molar-refractivity contribution >= 4 is 45.5 Å². The molecule has 23 heavy (non-hydrogen) atoms. The molecule has 0 spiro atoms. The molecule has 2 rings (SSSR count). The molecule has 0 radical (unpaired) electrons. The number of aromatic hydroxyl groups is 1. The maximum atomic E-state index is 12.3. The van der Waals surface area contributed by atoms with Crippen LogP contribution in [0.2, 0.25) is 0 Å². The molecule has 2 N–H and O–H groups in total. The molecule has 2 aromatic rings. The van der Waals surface area contributed by atoms with Crippen LogP contribution >= 0.6 is 0 Å². The van der Waals surface area contributed by atoms with Crippen LogP contribution in [0.3, 0.4) is 0 Å². The number of phenolic OH excluding ortho intramolecular Hbond substituents is 1. The van der Waals surface area contributed by atoms with Gasteiger partial charge in [-0.3, -0.25) is 9.35 Å². The van der Waals surface area contributed by atoms with Gasteiger partial charge in [0.1, 0.15) is 16.4 Å².